The number of carbonyl (C=O) groups excluding carboxylic acids is 1. The molecular weight excluding hydrogens is 428 g/mol. The molecular formula is C23H24N4O2S2. The molecule has 160 valence electrons. The number of hydrogen-bond acceptors (Lipinski definition) is 6. The van der Waals surface area contributed by atoms with Crippen molar-refractivity contribution in [2.45, 2.75) is 38.9 Å². The van der Waals surface area contributed by atoms with Crippen LogP contribution in [0.2, 0.25) is 0 Å². The van der Waals surface area contributed by atoms with E-state index in [0.717, 1.165) is 41.4 Å². The van der Waals surface area contributed by atoms with E-state index in [0.29, 0.717) is 16.7 Å². The van der Waals surface area contributed by atoms with Crippen molar-refractivity contribution in [3.05, 3.63) is 74.9 Å². The van der Waals surface area contributed by atoms with Crippen LogP contribution in [-0.2, 0) is 13.0 Å². The predicted molar refractivity (Wildman–Crippen MR) is 126 cm³/mol. The number of thiophene rings is 1. The molecule has 0 atom stereocenters. The number of hydrogen-bond donors (Lipinski definition) is 1. The predicted octanol–water partition coefficient (Wildman–Crippen LogP) is 5.57. The van der Waals surface area contributed by atoms with Gasteiger partial charge in [0.15, 0.2) is 5.78 Å². The van der Waals surface area contributed by atoms with Crippen LogP contribution >= 0.6 is 23.1 Å². The number of Topliss-reactive ketones (excluding diaryl/α,β-unsaturated/α-hetero) is 1. The lowest BCUT2D eigenvalue weighted by molar-refractivity contribution is 0.102. The van der Waals surface area contributed by atoms with Crippen LogP contribution in [0.15, 0.2) is 45.3 Å². The minimum atomic E-state index is 0.0911. The van der Waals surface area contributed by atoms with E-state index in [9.17, 15) is 4.79 Å². The SMILES string of the molecule is Cc1ccc(/C=C/c2nc(SCC(=O)c3cc(C)n(CCc4cccs4)c3C)n[nH]2)o1. The van der Waals surface area contributed by atoms with Crippen molar-refractivity contribution in [2.24, 2.45) is 0 Å². The lowest BCUT2D eigenvalue weighted by Crippen LogP contribution is -2.08. The minimum absolute atomic E-state index is 0.0911. The fraction of sp³-hybridized carbons (Fsp3) is 0.261. The van der Waals surface area contributed by atoms with Gasteiger partial charge in [0.1, 0.15) is 17.3 Å². The molecule has 0 unspecified atom stereocenters. The van der Waals surface area contributed by atoms with E-state index in [1.807, 2.05) is 38.1 Å². The second-order valence-corrected chi connectivity index (χ2v) is 9.24. The lowest BCUT2D eigenvalue weighted by atomic mass is 10.2. The first-order valence-electron chi connectivity index (χ1n) is 10.0. The Labute approximate surface area is 189 Å². The van der Waals surface area contributed by atoms with Gasteiger partial charge in [0.2, 0.25) is 5.16 Å². The number of H-pyrrole nitrogens is 1. The molecule has 4 rings (SSSR count). The number of carbonyl (C=O) groups is 1. The van der Waals surface area contributed by atoms with Crippen molar-refractivity contribution in [1.82, 2.24) is 19.7 Å². The van der Waals surface area contributed by atoms with Crippen molar-refractivity contribution in [2.75, 3.05) is 5.75 Å². The summed E-state index contributed by atoms with van der Waals surface area (Å²) in [4.78, 5) is 18.6. The summed E-state index contributed by atoms with van der Waals surface area (Å²) in [6.07, 6.45) is 4.61. The molecule has 0 spiro atoms. The maximum absolute atomic E-state index is 12.8. The van der Waals surface area contributed by atoms with Gasteiger partial charge in [-0.2, -0.15) is 0 Å². The average molecular weight is 453 g/mol. The highest BCUT2D eigenvalue weighted by atomic mass is 32.2. The van der Waals surface area contributed by atoms with Crippen molar-refractivity contribution in [3.8, 4) is 0 Å². The topological polar surface area (TPSA) is 76.7 Å². The van der Waals surface area contributed by atoms with E-state index in [2.05, 4.69) is 44.2 Å². The molecule has 4 heterocycles. The molecule has 0 fully saturated rings. The average Bonchev–Trinajstić information content (AvgIpc) is 3.53. The fourth-order valence-electron chi connectivity index (χ4n) is 3.41. The molecule has 31 heavy (non-hydrogen) atoms. The summed E-state index contributed by atoms with van der Waals surface area (Å²) >= 11 is 3.10. The van der Waals surface area contributed by atoms with Crippen LogP contribution in [0, 0.1) is 20.8 Å². The van der Waals surface area contributed by atoms with Gasteiger partial charge < -0.3 is 8.98 Å². The number of nitrogens with one attached hydrogen (secondary N) is 1. The molecule has 0 saturated carbocycles. The number of aryl methyl sites for hydroxylation is 3. The standard InChI is InChI=1S/C23H24N4O2S2/c1-15-13-20(17(3)27(15)11-10-19-5-4-12-30-19)21(28)14-31-23-24-22(25-26-23)9-8-18-7-6-16(2)29-18/h4-9,12-13H,10-11,14H2,1-3H3,(H,24,25,26)/b9-8+. The van der Waals surface area contributed by atoms with E-state index in [4.69, 9.17) is 4.42 Å². The third kappa shape index (κ3) is 5.26. The van der Waals surface area contributed by atoms with Gasteiger partial charge >= 0.3 is 0 Å². The Hall–Kier alpha value is -2.84. The third-order valence-electron chi connectivity index (χ3n) is 5.02. The van der Waals surface area contributed by atoms with Crippen LogP contribution in [0.1, 0.15) is 44.0 Å². The molecule has 4 aromatic heterocycles. The van der Waals surface area contributed by atoms with Crippen LogP contribution in [0.25, 0.3) is 12.2 Å². The first kappa shape index (κ1) is 21.4. The summed E-state index contributed by atoms with van der Waals surface area (Å²) in [6, 6.07) is 10.0. The van der Waals surface area contributed by atoms with Gasteiger partial charge in [-0.1, -0.05) is 17.8 Å². The Bertz CT molecular complexity index is 1200. The second kappa shape index (κ2) is 9.53. The zero-order valence-electron chi connectivity index (χ0n) is 17.7. The van der Waals surface area contributed by atoms with E-state index >= 15 is 0 Å². The largest absolute Gasteiger partial charge is 0.462 e. The van der Waals surface area contributed by atoms with E-state index in [-0.39, 0.29) is 5.78 Å². The highest BCUT2D eigenvalue weighted by molar-refractivity contribution is 7.99. The smallest absolute Gasteiger partial charge is 0.209 e. The molecule has 0 aliphatic rings. The summed E-state index contributed by atoms with van der Waals surface area (Å²) in [5, 5.41) is 9.71. The molecule has 0 aliphatic carbocycles. The van der Waals surface area contributed by atoms with Crippen LogP contribution in [0.4, 0.5) is 0 Å². The van der Waals surface area contributed by atoms with Gasteiger partial charge in [-0.3, -0.25) is 9.89 Å². The zero-order chi connectivity index (χ0) is 21.8. The molecule has 8 heteroatoms. The Morgan fingerprint density at radius 2 is 2.13 bits per heavy atom. The summed E-state index contributed by atoms with van der Waals surface area (Å²) < 4.78 is 7.73. The highest BCUT2D eigenvalue weighted by Crippen LogP contribution is 2.21. The number of nitrogens with zero attached hydrogens (tertiary/aromatic N) is 3. The van der Waals surface area contributed by atoms with E-state index in [1.165, 1.54) is 16.6 Å². The molecule has 6 nitrogen and oxygen atoms in total. The Morgan fingerprint density at radius 3 is 2.87 bits per heavy atom. The Morgan fingerprint density at radius 1 is 1.26 bits per heavy atom. The lowest BCUT2D eigenvalue weighted by Gasteiger charge is -2.09. The van der Waals surface area contributed by atoms with Crippen molar-refractivity contribution in [1.29, 1.82) is 0 Å². The first-order chi connectivity index (χ1) is 15.0. The third-order valence-corrected chi connectivity index (χ3v) is 6.80. The Kier molecular flexibility index (Phi) is 6.58. The minimum Gasteiger partial charge on any atom is -0.462 e. The second-order valence-electron chi connectivity index (χ2n) is 7.26. The first-order valence-corrected chi connectivity index (χ1v) is 11.9. The molecule has 4 aromatic rings. The van der Waals surface area contributed by atoms with Crippen LogP contribution < -0.4 is 0 Å². The van der Waals surface area contributed by atoms with E-state index < -0.39 is 0 Å². The van der Waals surface area contributed by atoms with Gasteiger partial charge in [0.25, 0.3) is 0 Å². The van der Waals surface area contributed by atoms with Crippen molar-refractivity contribution >= 4 is 41.0 Å². The molecule has 0 aromatic carbocycles. The van der Waals surface area contributed by atoms with Gasteiger partial charge in [0.05, 0.1) is 5.75 Å². The van der Waals surface area contributed by atoms with Gasteiger partial charge in [-0.05, 0) is 69.0 Å². The number of furan rings is 1. The number of thioether (sulfide) groups is 1. The fourth-order valence-corrected chi connectivity index (χ4v) is 4.80. The number of ketones is 1. The molecule has 0 amide bonds. The van der Waals surface area contributed by atoms with E-state index in [1.54, 1.807) is 17.4 Å². The summed E-state index contributed by atoms with van der Waals surface area (Å²) in [6.45, 7) is 6.86. The summed E-state index contributed by atoms with van der Waals surface area (Å²) in [7, 11) is 0. The summed E-state index contributed by atoms with van der Waals surface area (Å²) in [5.41, 5.74) is 2.91. The van der Waals surface area contributed by atoms with Crippen molar-refractivity contribution < 1.29 is 9.21 Å². The zero-order valence-corrected chi connectivity index (χ0v) is 19.3. The molecule has 0 aliphatic heterocycles. The van der Waals surface area contributed by atoms with Gasteiger partial charge in [-0.15, -0.1) is 16.4 Å². The number of aromatic nitrogens is 4. The summed E-state index contributed by atoms with van der Waals surface area (Å²) in [5.74, 6) is 2.63. The van der Waals surface area contributed by atoms with Crippen molar-refractivity contribution in [3.63, 3.8) is 0 Å². The maximum atomic E-state index is 12.8. The molecule has 0 radical (unpaired) electrons. The van der Waals surface area contributed by atoms with Crippen LogP contribution in [0.5, 0.6) is 0 Å². The molecule has 0 bridgehead atoms. The number of rotatable bonds is 9. The highest BCUT2D eigenvalue weighted by Gasteiger charge is 2.17. The molecule has 1 N–H and O–H groups in total. The Balaban J connectivity index is 1.35. The maximum Gasteiger partial charge on any atom is 0.209 e. The van der Waals surface area contributed by atoms with Gasteiger partial charge in [0, 0.05) is 28.4 Å². The number of aromatic amines is 1. The van der Waals surface area contributed by atoms with Gasteiger partial charge in [-0.25, -0.2) is 4.98 Å². The van der Waals surface area contributed by atoms with Crippen LogP contribution in [0.3, 0.4) is 0 Å². The molecule has 0 saturated heterocycles. The monoisotopic (exact) mass is 452 g/mol. The van der Waals surface area contributed by atoms with Crippen LogP contribution in [-0.4, -0.2) is 31.3 Å². The normalized spacial score (nSPS) is 11.6. The quantitative estimate of drug-likeness (QED) is 0.265.